The van der Waals surface area contributed by atoms with Crippen LogP contribution in [0, 0.1) is 16.2 Å². The lowest BCUT2D eigenvalue weighted by atomic mass is 10.2. The Morgan fingerprint density at radius 3 is 2.78 bits per heavy atom. The van der Waals surface area contributed by atoms with Crippen molar-refractivity contribution in [2.75, 3.05) is 19.0 Å². The molecule has 5 nitrogen and oxygen atoms in total. The molecule has 0 aromatic heterocycles. The van der Waals surface area contributed by atoms with Crippen molar-refractivity contribution in [3.05, 3.63) is 28.3 Å². The molecule has 0 amide bonds. The number of nitro groups is 1. The first-order valence-corrected chi connectivity index (χ1v) is 6.74. The van der Waals surface area contributed by atoms with E-state index in [-0.39, 0.29) is 5.69 Å². The van der Waals surface area contributed by atoms with Gasteiger partial charge in [0, 0.05) is 5.33 Å². The molecular weight excluding hydrogens is 302 g/mol. The average molecular weight is 317 g/mol. The van der Waals surface area contributed by atoms with Gasteiger partial charge in [-0.2, -0.15) is 0 Å². The van der Waals surface area contributed by atoms with Gasteiger partial charge in [-0.05, 0) is 25.3 Å². The summed E-state index contributed by atoms with van der Waals surface area (Å²) >= 11 is 3.35. The van der Waals surface area contributed by atoms with Gasteiger partial charge in [-0.1, -0.05) is 15.9 Å². The first-order valence-electron chi connectivity index (χ1n) is 5.62. The minimum Gasteiger partial charge on any atom is -0.493 e. The van der Waals surface area contributed by atoms with Crippen molar-refractivity contribution in [1.82, 2.24) is 0 Å². The Morgan fingerprint density at radius 2 is 2.17 bits per heavy atom. The minimum absolute atomic E-state index is 0.119. The van der Waals surface area contributed by atoms with Gasteiger partial charge >= 0.3 is 0 Å². The molecule has 6 heteroatoms. The van der Waals surface area contributed by atoms with Gasteiger partial charge in [0.25, 0.3) is 5.69 Å². The average Bonchev–Trinajstić information content (AvgIpc) is 2.38. The summed E-state index contributed by atoms with van der Waals surface area (Å²) in [4.78, 5) is 10.1. The molecule has 0 atom stereocenters. The van der Waals surface area contributed by atoms with E-state index in [1.165, 1.54) is 19.2 Å². The topological polar surface area (TPSA) is 61.6 Å². The van der Waals surface area contributed by atoms with E-state index in [9.17, 15) is 10.1 Å². The summed E-state index contributed by atoms with van der Waals surface area (Å²) in [5.74, 6) is 0.850. The SMILES string of the molecule is COc1c[c]c([N+](=O)[O-])cc1OCCCCCBr. The highest BCUT2D eigenvalue weighted by Gasteiger charge is 2.12. The maximum atomic E-state index is 10.6. The Hall–Kier alpha value is -1.30. The maximum absolute atomic E-state index is 10.6. The van der Waals surface area contributed by atoms with Crippen molar-refractivity contribution in [2.24, 2.45) is 0 Å². The number of methoxy groups -OCH3 is 1. The van der Waals surface area contributed by atoms with Crippen LogP contribution in [-0.4, -0.2) is 24.0 Å². The monoisotopic (exact) mass is 316 g/mol. The van der Waals surface area contributed by atoms with Crippen molar-refractivity contribution in [2.45, 2.75) is 19.3 Å². The minimum atomic E-state index is -0.503. The fraction of sp³-hybridized carbons (Fsp3) is 0.500. The summed E-state index contributed by atoms with van der Waals surface area (Å²) in [6, 6.07) is 5.29. The van der Waals surface area contributed by atoms with Crippen LogP contribution in [0.1, 0.15) is 19.3 Å². The van der Waals surface area contributed by atoms with Gasteiger partial charge in [0.2, 0.25) is 0 Å². The number of alkyl halides is 1. The van der Waals surface area contributed by atoms with Gasteiger partial charge < -0.3 is 9.47 Å². The molecule has 0 fully saturated rings. The molecule has 0 saturated carbocycles. The summed E-state index contributed by atoms with van der Waals surface area (Å²) in [5.41, 5.74) is -0.119. The summed E-state index contributed by atoms with van der Waals surface area (Å²) in [6.45, 7) is 0.518. The smallest absolute Gasteiger partial charge is 0.281 e. The van der Waals surface area contributed by atoms with Crippen molar-refractivity contribution in [3.8, 4) is 11.5 Å². The third-order valence-corrected chi connectivity index (χ3v) is 2.87. The van der Waals surface area contributed by atoms with Crippen LogP contribution in [0.5, 0.6) is 11.5 Å². The molecule has 0 saturated heterocycles. The lowest BCUT2D eigenvalue weighted by Gasteiger charge is -2.09. The van der Waals surface area contributed by atoms with E-state index in [2.05, 4.69) is 22.0 Å². The van der Waals surface area contributed by atoms with E-state index < -0.39 is 4.92 Å². The first kappa shape index (κ1) is 14.8. The summed E-state index contributed by atoms with van der Waals surface area (Å²) in [7, 11) is 1.49. The number of hydrogen-bond donors (Lipinski definition) is 0. The van der Waals surface area contributed by atoms with Crippen LogP contribution in [0.2, 0.25) is 0 Å². The largest absolute Gasteiger partial charge is 0.493 e. The quantitative estimate of drug-likeness (QED) is 0.319. The maximum Gasteiger partial charge on any atom is 0.281 e. The van der Waals surface area contributed by atoms with Crippen molar-refractivity contribution < 1.29 is 14.4 Å². The van der Waals surface area contributed by atoms with Crippen LogP contribution >= 0.6 is 15.9 Å². The van der Waals surface area contributed by atoms with E-state index >= 15 is 0 Å². The van der Waals surface area contributed by atoms with E-state index in [1.807, 2.05) is 0 Å². The summed E-state index contributed by atoms with van der Waals surface area (Å²) in [6.07, 6.45) is 3.04. The molecule has 0 aliphatic carbocycles. The van der Waals surface area contributed by atoms with Gasteiger partial charge in [0.05, 0.1) is 30.8 Å². The highest BCUT2D eigenvalue weighted by atomic mass is 79.9. The molecule has 1 aromatic carbocycles. The zero-order valence-electron chi connectivity index (χ0n) is 10.1. The van der Waals surface area contributed by atoms with Crippen LogP contribution < -0.4 is 9.47 Å². The van der Waals surface area contributed by atoms with Crippen LogP contribution in [-0.2, 0) is 0 Å². The molecule has 99 valence electrons. The fourth-order valence-corrected chi connectivity index (χ4v) is 1.78. The van der Waals surface area contributed by atoms with Crippen molar-refractivity contribution >= 4 is 21.6 Å². The molecule has 0 aliphatic rings. The molecule has 1 radical (unpaired) electrons. The molecule has 0 spiro atoms. The summed E-state index contributed by atoms with van der Waals surface area (Å²) in [5, 5.41) is 11.6. The third kappa shape index (κ3) is 4.52. The number of nitro benzene ring substituents is 1. The third-order valence-electron chi connectivity index (χ3n) is 2.31. The number of rotatable bonds is 8. The zero-order chi connectivity index (χ0) is 13.4. The molecule has 0 heterocycles. The second-order valence-electron chi connectivity index (χ2n) is 3.61. The second-order valence-corrected chi connectivity index (χ2v) is 4.40. The fourth-order valence-electron chi connectivity index (χ4n) is 1.38. The normalized spacial score (nSPS) is 10.1. The molecular formula is C12H15BrNO4. The highest BCUT2D eigenvalue weighted by molar-refractivity contribution is 9.09. The van der Waals surface area contributed by atoms with E-state index in [1.54, 1.807) is 0 Å². The zero-order valence-corrected chi connectivity index (χ0v) is 11.7. The Balaban J connectivity index is 2.61. The Morgan fingerprint density at radius 1 is 1.39 bits per heavy atom. The number of unbranched alkanes of at least 4 members (excludes halogenated alkanes) is 2. The van der Waals surface area contributed by atoms with E-state index in [0.29, 0.717) is 18.1 Å². The number of hydrogen-bond acceptors (Lipinski definition) is 4. The van der Waals surface area contributed by atoms with Crippen LogP contribution in [0.15, 0.2) is 12.1 Å². The van der Waals surface area contributed by atoms with Gasteiger partial charge in [-0.25, -0.2) is 0 Å². The predicted molar refractivity (Wildman–Crippen MR) is 71.6 cm³/mol. The number of ether oxygens (including phenoxy) is 2. The Bertz CT molecular complexity index is 398. The molecule has 18 heavy (non-hydrogen) atoms. The second kappa shape index (κ2) is 7.92. The van der Waals surface area contributed by atoms with E-state index in [0.717, 1.165) is 24.6 Å². The molecule has 0 N–H and O–H groups in total. The lowest BCUT2D eigenvalue weighted by molar-refractivity contribution is -0.385. The van der Waals surface area contributed by atoms with Gasteiger partial charge in [0.15, 0.2) is 11.5 Å². The standard InChI is InChI=1S/C12H15BrNO4/c1-17-11-6-5-10(14(15)16)9-12(11)18-8-4-2-3-7-13/h6,9H,2-4,7-8H2,1H3. The molecule has 1 rings (SSSR count). The molecule has 0 unspecified atom stereocenters. The number of non-ortho nitro benzene ring substituents is 1. The van der Waals surface area contributed by atoms with Gasteiger partial charge in [-0.3, -0.25) is 10.1 Å². The first-order chi connectivity index (χ1) is 8.69. The Labute approximate surface area is 114 Å². The van der Waals surface area contributed by atoms with Gasteiger partial charge in [0.1, 0.15) is 0 Å². The summed E-state index contributed by atoms with van der Waals surface area (Å²) < 4.78 is 10.6. The number of nitrogens with zero attached hydrogens (tertiary/aromatic N) is 1. The van der Waals surface area contributed by atoms with Crippen LogP contribution in [0.3, 0.4) is 0 Å². The van der Waals surface area contributed by atoms with Crippen LogP contribution in [0.4, 0.5) is 5.69 Å². The molecule has 1 aromatic rings. The lowest BCUT2D eigenvalue weighted by Crippen LogP contribution is -2.00. The molecule has 0 bridgehead atoms. The highest BCUT2D eigenvalue weighted by Crippen LogP contribution is 2.30. The van der Waals surface area contributed by atoms with Crippen molar-refractivity contribution in [1.29, 1.82) is 0 Å². The predicted octanol–water partition coefficient (Wildman–Crippen LogP) is 3.35. The molecule has 0 aliphatic heterocycles. The number of halogens is 1. The van der Waals surface area contributed by atoms with E-state index in [4.69, 9.17) is 9.47 Å². The van der Waals surface area contributed by atoms with Crippen molar-refractivity contribution in [3.63, 3.8) is 0 Å². The number of benzene rings is 1. The Kier molecular flexibility index (Phi) is 6.49. The van der Waals surface area contributed by atoms with Crippen LogP contribution in [0.25, 0.3) is 0 Å². The van der Waals surface area contributed by atoms with Gasteiger partial charge in [-0.15, -0.1) is 0 Å².